The maximum atomic E-state index is 6.54. The predicted octanol–water partition coefficient (Wildman–Crippen LogP) is 5.89. The summed E-state index contributed by atoms with van der Waals surface area (Å²) in [5.41, 5.74) is 2.48. The van der Waals surface area contributed by atoms with Gasteiger partial charge in [-0.25, -0.2) is 0 Å². The summed E-state index contributed by atoms with van der Waals surface area (Å²) in [5.74, 6) is 0. The van der Waals surface area contributed by atoms with E-state index in [0.29, 0.717) is 18.7 Å². The molecule has 0 amide bonds. The fourth-order valence-corrected chi connectivity index (χ4v) is 4.22. The number of hydrogen-bond acceptors (Lipinski definition) is 1. The van der Waals surface area contributed by atoms with Crippen LogP contribution in [0.25, 0.3) is 10.8 Å². The molecule has 1 heterocycles. The maximum Gasteiger partial charge on any atom is 0.132 e. The number of rotatable bonds is 6. The average molecular weight is 373 g/mol. The Morgan fingerprint density at radius 2 is 1.46 bits per heavy atom. The van der Waals surface area contributed by atoms with Gasteiger partial charge in [-0.2, -0.15) is 0 Å². The Labute approximate surface area is 168 Å². The first-order valence-electron chi connectivity index (χ1n) is 10.2. The predicted molar refractivity (Wildman–Crippen MR) is 117 cm³/mol. The second-order valence-corrected chi connectivity index (χ2v) is 8.29. The molecule has 1 aliphatic rings. The minimum atomic E-state index is 0.0717. The fourth-order valence-electron chi connectivity index (χ4n) is 4.22. The monoisotopic (exact) mass is 372 g/mol. The van der Waals surface area contributed by atoms with Gasteiger partial charge in [-0.05, 0) is 54.0 Å². The standard InChI is InChI=1S/C26H30NO/c1-20-13-14-21(2)27(20,3)18-26(24-10-5-4-6-11-24)28-19-22-15-16-23-9-7-8-12-25(23)17-22/h4-17,20-21,26H,18-19H2,1-3H3/q+1/t20-,21-,26+/m1/s1. The first-order chi connectivity index (χ1) is 13.6. The molecule has 0 spiro atoms. The lowest BCUT2D eigenvalue weighted by Crippen LogP contribution is -2.54. The number of benzene rings is 3. The van der Waals surface area contributed by atoms with Gasteiger partial charge in [0.05, 0.1) is 13.7 Å². The molecule has 0 aliphatic carbocycles. The first-order valence-corrected chi connectivity index (χ1v) is 10.2. The number of ether oxygens (including phenoxy) is 1. The molecular weight excluding hydrogens is 342 g/mol. The van der Waals surface area contributed by atoms with Crippen LogP contribution in [0.4, 0.5) is 0 Å². The molecule has 4 rings (SSSR count). The highest BCUT2D eigenvalue weighted by Crippen LogP contribution is 2.31. The molecule has 0 bridgehead atoms. The quantitative estimate of drug-likeness (QED) is 0.387. The average Bonchev–Trinajstić information content (AvgIpc) is 2.99. The molecule has 0 fully saturated rings. The summed E-state index contributed by atoms with van der Waals surface area (Å²) in [6, 6.07) is 26.8. The van der Waals surface area contributed by atoms with Crippen LogP contribution in [0.2, 0.25) is 0 Å². The van der Waals surface area contributed by atoms with Gasteiger partial charge in [0.1, 0.15) is 24.7 Å². The highest BCUT2D eigenvalue weighted by molar-refractivity contribution is 5.82. The van der Waals surface area contributed by atoms with Gasteiger partial charge in [0, 0.05) is 0 Å². The van der Waals surface area contributed by atoms with Crippen molar-refractivity contribution in [2.45, 2.75) is 38.6 Å². The third-order valence-corrected chi connectivity index (χ3v) is 6.52. The molecule has 3 aromatic carbocycles. The van der Waals surface area contributed by atoms with Crippen molar-refractivity contribution in [1.82, 2.24) is 0 Å². The summed E-state index contributed by atoms with van der Waals surface area (Å²) >= 11 is 0. The lowest BCUT2D eigenvalue weighted by molar-refractivity contribution is -0.938. The Hall–Kier alpha value is -2.42. The van der Waals surface area contributed by atoms with E-state index in [9.17, 15) is 0 Å². The molecule has 0 radical (unpaired) electrons. The highest BCUT2D eigenvalue weighted by Gasteiger charge is 2.39. The van der Waals surface area contributed by atoms with Crippen molar-refractivity contribution in [3.8, 4) is 0 Å². The van der Waals surface area contributed by atoms with Crippen LogP contribution in [0.5, 0.6) is 0 Å². The Balaban J connectivity index is 1.55. The summed E-state index contributed by atoms with van der Waals surface area (Å²) in [6.45, 7) is 6.21. The molecule has 0 unspecified atom stereocenters. The van der Waals surface area contributed by atoms with Gasteiger partial charge < -0.3 is 9.22 Å². The van der Waals surface area contributed by atoms with Gasteiger partial charge in [-0.3, -0.25) is 0 Å². The number of nitrogens with zero attached hydrogens (tertiary/aromatic N) is 1. The van der Waals surface area contributed by atoms with E-state index in [1.54, 1.807) is 0 Å². The van der Waals surface area contributed by atoms with Crippen LogP contribution >= 0.6 is 0 Å². The first kappa shape index (κ1) is 18.9. The highest BCUT2D eigenvalue weighted by atomic mass is 16.5. The molecular formula is C26H30NO+. The van der Waals surface area contributed by atoms with E-state index in [1.807, 2.05) is 0 Å². The van der Waals surface area contributed by atoms with Gasteiger partial charge in [0.15, 0.2) is 0 Å². The van der Waals surface area contributed by atoms with Crippen molar-refractivity contribution in [2.24, 2.45) is 0 Å². The van der Waals surface area contributed by atoms with E-state index in [-0.39, 0.29) is 6.10 Å². The van der Waals surface area contributed by atoms with Crippen LogP contribution in [-0.4, -0.2) is 30.2 Å². The number of quaternary nitrogens is 1. The molecule has 3 atom stereocenters. The molecule has 144 valence electrons. The normalized spacial score (nSPS) is 21.8. The Bertz CT molecular complexity index is 950. The zero-order valence-electron chi connectivity index (χ0n) is 17.1. The van der Waals surface area contributed by atoms with Gasteiger partial charge in [-0.15, -0.1) is 0 Å². The summed E-state index contributed by atoms with van der Waals surface area (Å²) in [6.07, 6.45) is 4.76. The van der Waals surface area contributed by atoms with Crippen molar-refractivity contribution in [1.29, 1.82) is 0 Å². The van der Waals surface area contributed by atoms with E-state index in [1.165, 1.54) is 21.9 Å². The van der Waals surface area contributed by atoms with Gasteiger partial charge in [0.2, 0.25) is 0 Å². The molecule has 3 aromatic rings. The molecule has 2 heteroatoms. The van der Waals surface area contributed by atoms with Gasteiger partial charge in [-0.1, -0.05) is 66.7 Å². The second kappa shape index (κ2) is 7.90. The van der Waals surface area contributed by atoms with Crippen LogP contribution in [0.15, 0.2) is 84.9 Å². The third-order valence-electron chi connectivity index (χ3n) is 6.52. The second-order valence-electron chi connectivity index (χ2n) is 8.29. The van der Waals surface area contributed by atoms with Crippen molar-refractivity contribution in [2.75, 3.05) is 13.6 Å². The lowest BCUT2D eigenvalue weighted by atomic mass is 10.1. The van der Waals surface area contributed by atoms with E-state index in [0.717, 1.165) is 11.0 Å². The van der Waals surface area contributed by atoms with E-state index >= 15 is 0 Å². The largest absolute Gasteiger partial charge is 0.363 e. The molecule has 2 nitrogen and oxygen atoms in total. The van der Waals surface area contributed by atoms with E-state index in [4.69, 9.17) is 4.74 Å². The van der Waals surface area contributed by atoms with Crippen LogP contribution in [0.1, 0.15) is 31.1 Å². The molecule has 28 heavy (non-hydrogen) atoms. The van der Waals surface area contributed by atoms with Gasteiger partial charge >= 0.3 is 0 Å². The molecule has 0 N–H and O–H groups in total. The molecule has 1 aliphatic heterocycles. The minimum absolute atomic E-state index is 0.0717. The summed E-state index contributed by atoms with van der Waals surface area (Å²) in [4.78, 5) is 0. The summed E-state index contributed by atoms with van der Waals surface area (Å²) in [7, 11) is 2.35. The Kier molecular flexibility index (Phi) is 5.34. The minimum Gasteiger partial charge on any atom is -0.363 e. The third kappa shape index (κ3) is 3.76. The molecule has 0 saturated heterocycles. The lowest BCUT2D eigenvalue weighted by Gasteiger charge is -2.41. The topological polar surface area (TPSA) is 9.23 Å². The van der Waals surface area contributed by atoms with Crippen LogP contribution in [0, 0.1) is 0 Å². The Morgan fingerprint density at radius 1 is 0.821 bits per heavy atom. The number of hydrogen-bond donors (Lipinski definition) is 0. The number of fused-ring (bicyclic) bond motifs is 1. The van der Waals surface area contributed by atoms with Crippen LogP contribution < -0.4 is 0 Å². The SMILES string of the molecule is C[C@@H]1C=C[C@@H](C)[N+]1(C)C[C@H](OCc1ccc2ccccc2c1)c1ccccc1. The van der Waals surface area contributed by atoms with E-state index in [2.05, 4.69) is 106 Å². The zero-order valence-corrected chi connectivity index (χ0v) is 17.1. The van der Waals surface area contributed by atoms with Crippen LogP contribution in [-0.2, 0) is 11.3 Å². The van der Waals surface area contributed by atoms with Crippen LogP contribution in [0.3, 0.4) is 0 Å². The van der Waals surface area contributed by atoms with Crippen molar-refractivity contribution in [3.63, 3.8) is 0 Å². The fraction of sp³-hybridized carbons (Fsp3) is 0.308. The van der Waals surface area contributed by atoms with Crippen molar-refractivity contribution in [3.05, 3.63) is 96.1 Å². The molecule has 0 aromatic heterocycles. The van der Waals surface area contributed by atoms with Crippen molar-refractivity contribution >= 4 is 10.8 Å². The zero-order chi connectivity index (χ0) is 19.6. The summed E-state index contributed by atoms with van der Waals surface area (Å²) in [5, 5.41) is 2.54. The smallest absolute Gasteiger partial charge is 0.132 e. The number of likely N-dealkylation sites (N-methyl/N-ethyl adjacent to an activating group) is 1. The van der Waals surface area contributed by atoms with Gasteiger partial charge in [0.25, 0.3) is 0 Å². The van der Waals surface area contributed by atoms with E-state index < -0.39 is 0 Å². The molecule has 0 saturated carbocycles. The summed E-state index contributed by atoms with van der Waals surface area (Å²) < 4.78 is 7.53. The maximum absolute atomic E-state index is 6.54. The Morgan fingerprint density at radius 3 is 2.18 bits per heavy atom. The van der Waals surface area contributed by atoms with Crippen molar-refractivity contribution < 1.29 is 9.22 Å².